The van der Waals surface area contributed by atoms with Crippen molar-refractivity contribution in [3.63, 3.8) is 0 Å². The van der Waals surface area contributed by atoms with Gasteiger partial charge in [0, 0.05) is 56.4 Å². The molecule has 3 amide bonds. The van der Waals surface area contributed by atoms with Crippen LogP contribution in [0.4, 0.5) is 9.59 Å². The second-order valence-electron chi connectivity index (χ2n) is 10.3. The molecule has 2 unspecified atom stereocenters. The zero-order valence-electron chi connectivity index (χ0n) is 23.1. The number of aryl methyl sites for hydroxylation is 1. The fourth-order valence-corrected chi connectivity index (χ4v) is 5.68. The predicted molar refractivity (Wildman–Crippen MR) is 149 cm³/mol. The van der Waals surface area contributed by atoms with Gasteiger partial charge in [-0.3, -0.25) is 0 Å². The molecule has 0 saturated carbocycles. The molecule has 9 nitrogen and oxygen atoms in total. The Morgan fingerprint density at radius 1 is 1.24 bits per heavy atom. The zero-order valence-corrected chi connectivity index (χ0v) is 23.9. The molecule has 3 N–H and O–H groups in total. The van der Waals surface area contributed by atoms with Gasteiger partial charge in [0.1, 0.15) is 0 Å². The first-order valence-corrected chi connectivity index (χ1v) is 14.3. The summed E-state index contributed by atoms with van der Waals surface area (Å²) in [5.74, 6) is 0.644. The number of likely N-dealkylation sites (N-methyl/N-ethyl adjacent to an activating group) is 1. The lowest BCUT2D eigenvalue weighted by Crippen LogP contribution is -2.50. The molecule has 0 bridgehead atoms. The lowest BCUT2D eigenvalue weighted by Gasteiger charge is -2.38. The first kappa shape index (κ1) is 30.5. The van der Waals surface area contributed by atoms with Gasteiger partial charge < -0.3 is 35.1 Å². The highest BCUT2D eigenvalue weighted by molar-refractivity contribution is 6.30. The van der Waals surface area contributed by atoms with Gasteiger partial charge in [0.25, 0.3) is 0 Å². The SMILES string of the molecule is CCN[C@@H](CNC(=O)N1CCCC([C@@H](OCCNC(=O)OC)c2cc(Cl)ccc2C)C1)CC1CCCOC1. The largest absolute Gasteiger partial charge is 0.453 e. The molecule has 0 radical (unpaired) electrons. The quantitative estimate of drug-likeness (QED) is 0.335. The Labute approximate surface area is 232 Å². The summed E-state index contributed by atoms with van der Waals surface area (Å²) in [6.07, 6.45) is 4.39. The number of hydrogen-bond acceptors (Lipinski definition) is 6. The van der Waals surface area contributed by atoms with Gasteiger partial charge >= 0.3 is 12.1 Å². The molecule has 2 aliphatic rings. The summed E-state index contributed by atoms with van der Waals surface area (Å²) < 4.78 is 16.6. The Morgan fingerprint density at radius 2 is 2.08 bits per heavy atom. The third kappa shape index (κ3) is 9.59. The standard InChI is InChI=1S/C28H45ClN4O5/c1-4-30-24(15-21-7-6-13-37-19-21)17-32-27(34)33-12-5-8-22(18-33)26(38-14-11-31-28(35)36-3)25-16-23(29)10-9-20(25)2/h9-10,16,21-22,24,26,30H,4-8,11-15,17-19H2,1-3H3,(H,31,35)(H,32,34)/t21?,22?,24-,26-/m1/s1. The summed E-state index contributed by atoms with van der Waals surface area (Å²) in [6.45, 7) is 9.23. The number of carbonyl (C=O) groups is 2. The van der Waals surface area contributed by atoms with Crippen molar-refractivity contribution in [3.8, 4) is 0 Å². The van der Waals surface area contributed by atoms with E-state index in [4.69, 9.17) is 21.1 Å². The lowest BCUT2D eigenvalue weighted by atomic mass is 9.86. The molecular formula is C28H45ClN4O5. The van der Waals surface area contributed by atoms with E-state index in [9.17, 15) is 9.59 Å². The van der Waals surface area contributed by atoms with Gasteiger partial charge in [0.05, 0.1) is 19.8 Å². The van der Waals surface area contributed by atoms with Gasteiger partial charge in [-0.1, -0.05) is 24.6 Å². The highest BCUT2D eigenvalue weighted by atomic mass is 35.5. The van der Waals surface area contributed by atoms with E-state index in [2.05, 4.69) is 27.6 Å². The normalized spacial score (nSPS) is 21.4. The second-order valence-corrected chi connectivity index (χ2v) is 10.8. The predicted octanol–water partition coefficient (Wildman–Crippen LogP) is 4.28. The van der Waals surface area contributed by atoms with Gasteiger partial charge in [0.15, 0.2) is 0 Å². The molecule has 214 valence electrons. The van der Waals surface area contributed by atoms with Gasteiger partial charge in [-0.15, -0.1) is 0 Å². The summed E-state index contributed by atoms with van der Waals surface area (Å²) in [6, 6.07) is 6.00. The summed E-state index contributed by atoms with van der Waals surface area (Å²) in [4.78, 5) is 26.6. The molecule has 10 heteroatoms. The molecule has 4 atom stereocenters. The number of methoxy groups -OCH3 is 1. The molecule has 3 rings (SSSR count). The Balaban J connectivity index is 1.61. The van der Waals surface area contributed by atoms with E-state index in [-0.39, 0.29) is 24.1 Å². The monoisotopic (exact) mass is 552 g/mol. The average molecular weight is 553 g/mol. The number of alkyl carbamates (subject to hydrolysis) is 1. The fourth-order valence-electron chi connectivity index (χ4n) is 5.50. The van der Waals surface area contributed by atoms with Crippen LogP contribution in [0.3, 0.4) is 0 Å². The van der Waals surface area contributed by atoms with Crippen molar-refractivity contribution in [2.45, 2.75) is 58.1 Å². The molecule has 1 aromatic carbocycles. The third-order valence-electron chi connectivity index (χ3n) is 7.44. The molecule has 2 saturated heterocycles. The van der Waals surface area contributed by atoms with Crippen LogP contribution >= 0.6 is 11.6 Å². The second kappa shape index (κ2) is 16.1. The van der Waals surface area contributed by atoms with E-state index in [1.807, 2.05) is 30.0 Å². The van der Waals surface area contributed by atoms with E-state index >= 15 is 0 Å². The van der Waals surface area contributed by atoms with Crippen molar-refractivity contribution >= 4 is 23.7 Å². The fraction of sp³-hybridized carbons (Fsp3) is 0.714. The van der Waals surface area contributed by atoms with Crippen LogP contribution in [0.1, 0.15) is 56.3 Å². The number of carbonyl (C=O) groups excluding carboxylic acids is 2. The maximum absolute atomic E-state index is 13.2. The topological polar surface area (TPSA) is 101 Å². The minimum absolute atomic E-state index is 0.0357. The van der Waals surface area contributed by atoms with Crippen LogP contribution in [0, 0.1) is 18.8 Å². The molecular weight excluding hydrogens is 508 g/mol. The average Bonchev–Trinajstić information content (AvgIpc) is 2.93. The van der Waals surface area contributed by atoms with Gasteiger partial charge in [-0.05, 0) is 74.8 Å². The molecule has 2 aliphatic heterocycles. The van der Waals surface area contributed by atoms with Crippen LogP contribution in [0.2, 0.25) is 5.02 Å². The van der Waals surface area contributed by atoms with Crippen LogP contribution in [0.25, 0.3) is 0 Å². The number of piperidine rings is 1. The highest BCUT2D eigenvalue weighted by Gasteiger charge is 2.32. The number of nitrogens with zero attached hydrogens (tertiary/aromatic N) is 1. The minimum atomic E-state index is -0.489. The van der Waals surface area contributed by atoms with Crippen molar-refractivity contribution < 1.29 is 23.8 Å². The number of hydrogen-bond donors (Lipinski definition) is 3. The van der Waals surface area contributed by atoms with Crippen LogP contribution in [0.15, 0.2) is 18.2 Å². The van der Waals surface area contributed by atoms with E-state index in [0.717, 1.165) is 63.1 Å². The van der Waals surface area contributed by atoms with Crippen molar-refractivity contribution in [1.29, 1.82) is 0 Å². The van der Waals surface area contributed by atoms with E-state index in [1.165, 1.54) is 13.5 Å². The van der Waals surface area contributed by atoms with Gasteiger partial charge in [-0.25, -0.2) is 9.59 Å². The van der Waals surface area contributed by atoms with E-state index < -0.39 is 6.09 Å². The summed E-state index contributed by atoms with van der Waals surface area (Å²) in [5, 5.41) is 10.0. The van der Waals surface area contributed by atoms with Crippen molar-refractivity contribution in [1.82, 2.24) is 20.9 Å². The minimum Gasteiger partial charge on any atom is -0.453 e. The van der Waals surface area contributed by atoms with Crippen molar-refractivity contribution in [3.05, 3.63) is 34.3 Å². The highest BCUT2D eigenvalue weighted by Crippen LogP contribution is 2.35. The number of urea groups is 1. The van der Waals surface area contributed by atoms with Crippen molar-refractivity contribution in [2.24, 2.45) is 11.8 Å². The molecule has 38 heavy (non-hydrogen) atoms. The molecule has 2 fully saturated rings. The van der Waals surface area contributed by atoms with Gasteiger partial charge in [0.2, 0.25) is 0 Å². The first-order valence-electron chi connectivity index (χ1n) is 13.9. The Morgan fingerprint density at radius 3 is 2.82 bits per heavy atom. The molecule has 2 heterocycles. The maximum Gasteiger partial charge on any atom is 0.406 e. The number of likely N-dealkylation sites (tertiary alicyclic amines) is 1. The van der Waals surface area contributed by atoms with Crippen LogP contribution in [-0.4, -0.2) is 82.7 Å². The number of rotatable bonds is 12. The number of halogens is 1. The molecule has 0 aliphatic carbocycles. The smallest absolute Gasteiger partial charge is 0.406 e. The maximum atomic E-state index is 13.2. The van der Waals surface area contributed by atoms with E-state index in [0.29, 0.717) is 37.2 Å². The van der Waals surface area contributed by atoms with Crippen molar-refractivity contribution in [2.75, 3.05) is 59.7 Å². The Kier molecular flexibility index (Phi) is 12.9. The number of benzene rings is 1. The molecule has 0 spiro atoms. The van der Waals surface area contributed by atoms with Crippen LogP contribution in [0.5, 0.6) is 0 Å². The summed E-state index contributed by atoms with van der Waals surface area (Å²) >= 11 is 6.35. The zero-order chi connectivity index (χ0) is 27.3. The molecule has 0 aromatic heterocycles. The number of ether oxygens (including phenoxy) is 3. The summed E-state index contributed by atoms with van der Waals surface area (Å²) in [7, 11) is 1.33. The van der Waals surface area contributed by atoms with Crippen LogP contribution in [-0.2, 0) is 14.2 Å². The number of nitrogens with one attached hydrogen (secondary N) is 3. The summed E-state index contributed by atoms with van der Waals surface area (Å²) in [5.41, 5.74) is 2.10. The Hall–Kier alpha value is -2.07. The first-order chi connectivity index (χ1) is 18.4. The number of amides is 3. The van der Waals surface area contributed by atoms with E-state index in [1.54, 1.807) is 0 Å². The van der Waals surface area contributed by atoms with Crippen LogP contribution < -0.4 is 16.0 Å². The van der Waals surface area contributed by atoms with Gasteiger partial charge in [-0.2, -0.15) is 0 Å². The molecule has 1 aromatic rings. The third-order valence-corrected chi connectivity index (χ3v) is 7.68. The Bertz CT molecular complexity index is 883. The lowest BCUT2D eigenvalue weighted by molar-refractivity contribution is -0.00886.